The first-order chi connectivity index (χ1) is 23.2. The topological polar surface area (TPSA) is 241 Å². The van der Waals surface area contributed by atoms with Gasteiger partial charge in [0.15, 0.2) is 11.3 Å². The molecule has 2 bridgehead atoms. The van der Waals surface area contributed by atoms with Crippen molar-refractivity contribution in [2.45, 2.75) is 78.9 Å². The van der Waals surface area contributed by atoms with Gasteiger partial charge in [-0.15, -0.1) is 12.4 Å². The number of aromatic amines is 1. The third-order valence-corrected chi connectivity index (χ3v) is 9.86. The highest BCUT2D eigenvalue weighted by Gasteiger charge is 2.54. The molecule has 2 aromatic heterocycles. The number of carbonyl (C=O) groups excluding carboxylic acids is 2. The zero-order chi connectivity index (χ0) is 35.7. The van der Waals surface area contributed by atoms with Crippen LogP contribution in [0.2, 0.25) is 0 Å². The lowest BCUT2D eigenvalue weighted by Gasteiger charge is -2.53. The Kier molecular flexibility index (Phi) is 12.5. The molecule has 0 aliphatic heterocycles. The Bertz CT molecular complexity index is 2040. The van der Waals surface area contributed by atoms with Crippen molar-refractivity contribution in [3.63, 3.8) is 0 Å². The van der Waals surface area contributed by atoms with E-state index in [1.807, 2.05) is 6.92 Å². The third-order valence-electron chi connectivity index (χ3n) is 9.86. The molecule has 7 rings (SSSR count). The number of ether oxygens (including phenoxy) is 1. The smallest absolute Gasteiger partial charge is 0.354 e. The minimum Gasteiger partial charge on any atom is -0.477 e. The van der Waals surface area contributed by atoms with Crippen molar-refractivity contribution in [1.82, 2.24) is 19.9 Å². The van der Waals surface area contributed by atoms with E-state index >= 15 is 0 Å². The maximum absolute atomic E-state index is 14.1. The molecule has 17 heteroatoms. The molecule has 3 fully saturated rings. The number of hydrogen-bond donors (Lipinski definition) is 6. The van der Waals surface area contributed by atoms with E-state index in [1.54, 1.807) is 0 Å². The van der Waals surface area contributed by atoms with E-state index in [4.69, 9.17) is 16.2 Å². The molecule has 2 heterocycles. The highest BCUT2D eigenvalue weighted by atomic mass is 35.5. The summed E-state index contributed by atoms with van der Waals surface area (Å²) in [7, 11) is 0. The first kappa shape index (κ1) is 40.3. The second-order valence-corrected chi connectivity index (χ2v) is 12.7. The number of nitrogens with zero attached hydrogens (tertiary/aromatic N) is 2. The average molecular weight is 732 g/mol. The van der Waals surface area contributed by atoms with Gasteiger partial charge in [0.25, 0.3) is 22.3 Å². The summed E-state index contributed by atoms with van der Waals surface area (Å²) in [4.78, 5) is 74.0. The quantitative estimate of drug-likeness (QED) is 0.102. The standard InChI is InChI=1S/C20H15FN6O6.C13H23NO2.CH4.ClH/c21-10-2-1-8(3-9(10)7-23-16-15(22)17(29)18(16)30)6-24-19(31)11-4-12(20(32)33)27-13(25-11)5-14(28)26-27;1-3-16-11(15)13-7-4-12(5-8-13,6-9-13)10(2)14;;/h1-5,23H,6-7,22H2,(H,24,31)(H,26,28)(H,32,33);10H,3-9,14H2,1-2H3;1H4;1H. The predicted molar refractivity (Wildman–Crippen MR) is 190 cm³/mol. The number of nitrogens with one attached hydrogen (secondary N) is 3. The van der Waals surface area contributed by atoms with Crippen LogP contribution in [-0.2, 0) is 22.6 Å². The number of hydrogen-bond acceptors (Lipinski definition) is 11. The molecular formula is C34H43ClFN7O8. The number of rotatable bonds is 10. The van der Waals surface area contributed by atoms with Gasteiger partial charge in [0.05, 0.1) is 12.0 Å². The molecule has 3 aliphatic rings. The van der Waals surface area contributed by atoms with E-state index in [0.717, 1.165) is 55.2 Å². The fourth-order valence-corrected chi connectivity index (χ4v) is 6.67. The van der Waals surface area contributed by atoms with E-state index in [9.17, 15) is 38.3 Å². The first-order valence-corrected chi connectivity index (χ1v) is 15.9. The summed E-state index contributed by atoms with van der Waals surface area (Å²) < 4.78 is 20.3. The summed E-state index contributed by atoms with van der Waals surface area (Å²) in [6, 6.07) is 6.35. The molecule has 276 valence electrons. The number of carbonyl (C=O) groups is 3. The van der Waals surface area contributed by atoms with Crippen LogP contribution in [0.1, 0.15) is 91.9 Å². The summed E-state index contributed by atoms with van der Waals surface area (Å²) in [5.41, 5.74) is 9.28. The minimum absolute atomic E-state index is 0. The van der Waals surface area contributed by atoms with Gasteiger partial charge in [0.1, 0.15) is 22.9 Å². The number of fused-ring (bicyclic) bond motifs is 4. The Balaban J connectivity index is 0.000000329. The van der Waals surface area contributed by atoms with Gasteiger partial charge in [0, 0.05) is 36.8 Å². The van der Waals surface area contributed by atoms with E-state index in [2.05, 4.69) is 27.6 Å². The number of aromatic nitrogens is 3. The predicted octanol–water partition coefficient (Wildman–Crippen LogP) is 2.88. The summed E-state index contributed by atoms with van der Waals surface area (Å²) >= 11 is 0. The maximum Gasteiger partial charge on any atom is 0.354 e. The Morgan fingerprint density at radius 3 is 2.27 bits per heavy atom. The highest BCUT2D eigenvalue weighted by Crippen LogP contribution is 2.58. The van der Waals surface area contributed by atoms with Crippen LogP contribution in [0.15, 0.2) is 44.7 Å². The summed E-state index contributed by atoms with van der Waals surface area (Å²) in [6.45, 7) is 4.32. The van der Waals surface area contributed by atoms with E-state index < -0.39 is 34.1 Å². The van der Waals surface area contributed by atoms with Crippen molar-refractivity contribution in [3.8, 4) is 0 Å². The van der Waals surface area contributed by atoms with Gasteiger partial charge in [0.2, 0.25) is 0 Å². The van der Waals surface area contributed by atoms with Crippen molar-refractivity contribution in [2.75, 3.05) is 17.7 Å². The number of H-pyrrole nitrogens is 1. The lowest BCUT2D eigenvalue weighted by molar-refractivity contribution is -0.166. The molecule has 0 saturated heterocycles. The molecule has 0 spiro atoms. The molecule has 3 saturated carbocycles. The maximum atomic E-state index is 14.1. The fourth-order valence-electron chi connectivity index (χ4n) is 6.67. The number of halogens is 2. The normalized spacial score (nSPS) is 19.5. The van der Waals surface area contributed by atoms with Gasteiger partial charge in [-0.05, 0) is 75.5 Å². The number of esters is 1. The highest BCUT2D eigenvalue weighted by molar-refractivity contribution is 5.96. The number of nitrogens with two attached hydrogens (primary N) is 2. The van der Waals surface area contributed by atoms with Gasteiger partial charge in [-0.25, -0.2) is 18.7 Å². The zero-order valence-corrected chi connectivity index (χ0v) is 28.3. The number of nitrogen functional groups attached to an aromatic ring is 1. The number of anilines is 2. The van der Waals surface area contributed by atoms with E-state index in [-0.39, 0.29) is 84.3 Å². The van der Waals surface area contributed by atoms with E-state index in [1.165, 1.54) is 18.2 Å². The Labute approximate surface area is 298 Å². The lowest BCUT2D eigenvalue weighted by atomic mass is 9.52. The minimum atomic E-state index is -1.37. The molecule has 2 aromatic carbocycles. The van der Waals surface area contributed by atoms with Crippen LogP contribution in [-0.4, -0.2) is 50.2 Å². The van der Waals surface area contributed by atoms with Crippen LogP contribution >= 0.6 is 12.4 Å². The van der Waals surface area contributed by atoms with Crippen LogP contribution in [0.4, 0.5) is 15.8 Å². The lowest BCUT2D eigenvalue weighted by Crippen LogP contribution is -2.52. The number of benzene rings is 1. The number of aromatic carboxylic acids is 1. The molecule has 1 unspecified atom stereocenters. The summed E-state index contributed by atoms with van der Waals surface area (Å²) in [5.74, 6) is -2.63. The molecular weight excluding hydrogens is 689 g/mol. The van der Waals surface area contributed by atoms with Crippen molar-refractivity contribution >= 4 is 47.3 Å². The van der Waals surface area contributed by atoms with Gasteiger partial charge in [-0.3, -0.25) is 29.1 Å². The zero-order valence-electron chi connectivity index (χ0n) is 27.5. The van der Waals surface area contributed by atoms with Gasteiger partial charge in [-0.2, -0.15) is 0 Å². The monoisotopic (exact) mass is 731 g/mol. The SMILES string of the molecule is C.CCOC(=O)C12CCC(C(C)N)(CC1)CC2.Cl.Nc1c(NCc2cc(CNC(=O)c3cc(C(=O)O)n4[nH]c(=O)cc4n3)ccc2F)c(=O)c1=O. The number of carboxylic acid groups (broad SMARTS) is 1. The summed E-state index contributed by atoms with van der Waals surface area (Å²) in [5, 5.41) is 16.8. The average Bonchev–Trinajstić information content (AvgIpc) is 3.48. The second kappa shape index (κ2) is 15.9. The van der Waals surface area contributed by atoms with Crippen LogP contribution in [0.25, 0.3) is 5.65 Å². The molecule has 51 heavy (non-hydrogen) atoms. The molecule has 1 amide bonds. The van der Waals surface area contributed by atoms with Crippen molar-refractivity contribution in [1.29, 1.82) is 0 Å². The Morgan fingerprint density at radius 2 is 1.71 bits per heavy atom. The number of carboxylic acids is 1. The third kappa shape index (κ3) is 7.96. The molecule has 1 atom stereocenters. The van der Waals surface area contributed by atoms with Crippen LogP contribution in [0, 0.1) is 16.6 Å². The van der Waals surface area contributed by atoms with Crippen LogP contribution < -0.4 is 38.5 Å². The van der Waals surface area contributed by atoms with E-state index in [0.29, 0.717) is 17.6 Å². The first-order valence-electron chi connectivity index (χ1n) is 15.9. The number of amides is 1. The van der Waals surface area contributed by atoms with Crippen molar-refractivity contribution < 1.29 is 28.6 Å². The van der Waals surface area contributed by atoms with Crippen molar-refractivity contribution in [3.05, 3.63) is 89.5 Å². The fraction of sp³-hybridized carbons (Fsp3) is 0.441. The molecule has 8 N–H and O–H groups in total. The molecule has 0 radical (unpaired) electrons. The van der Waals surface area contributed by atoms with Crippen LogP contribution in [0.5, 0.6) is 0 Å². The van der Waals surface area contributed by atoms with Crippen LogP contribution in [0.3, 0.4) is 0 Å². The molecule has 15 nitrogen and oxygen atoms in total. The second-order valence-electron chi connectivity index (χ2n) is 12.7. The van der Waals surface area contributed by atoms with Crippen molar-refractivity contribution in [2.24, 2.45) is 16.6 Å². The Morgan fingerprint density at radius 1 is 1.06 bits per heavy atom. The molecule has 3 aliphatic carbocycles. The van der Waals surface area contributed by atoms with Gasteiger partial charge >= 0.3 is 11.9 Å². The summed E-state index contributed by atoms with van der Waals surface area (Å²) in [6.07, 6.45) is 6.24. The van der Waals surface area contributed by atoms with Gasteiger partial charge < -0.3 is 31.9 Å². The Hall–Kier alpha value is -5.09. The molecule has 4 aromatic rings. The largest absolute Gasteiger partial charge is 0.477 e. The van der Waals surface area contributed by atoms with Gasteiger partial charge in [-0.1, -0.05) is 13.5 Å².